The summed E-state index contributed by atoms with van der Waals surface area (Å²) >= 11 is 5.53. The summed E-state index contributed by atoms with van der Waals surface area (Å²) in [4.78, 5) is 11.0. The fourth-order valence-electron chi connectivity index (χ4n) is 1.19. The van der Waals surface area contributed by atoms with Gasteiger partial charge in [0.05, 0.1) is 12.5 Å². The average molecular weight is 223 g/mol. The first-order valence-electron chi connectivity index (χ1n) is 4.47. The highest BCUT2D eigenvalue weighted by atomic mass is 35.5. The predicted octanol–water partition coefficient (Wildman–Crippen LogP) is 2.15. The van der Waals surface area contributed by atoms with Crippen LogP contribution >= 0.6 is 11.6 Å². The second-order valence-electron chi connectivity index (χ2n) is 2.89. The minimum atomic E-state index is -0.960. The van der Waals surface area contributed by atoms with Crippen LogP contribution in [0.2, 0.25) is 0 Å². The van der Waals surface area contributed by atoms with E-state index in [0.29, 0.717) is 18.7 Å². The molecule has 0 N–H and O–H groups in total. The molecule has 1 saturated heterocycles. The molecule has 0 spiro atoms. The summed E-state index contributed by atoms with van der Waals surface area (Å²) in [5.41, 5.74) is 0. The number of hydrogen-bond acceptors (Lipinski definition) is 3. The van der Waals surface area contributed by atoms with Crippen molar-refractivity contribution in [2.24, 2.45) is 0 Å². The molecule has 0 saturated carbocycles. The van der Waals surface area contributed by atoms with E-state index in [0.717, 1.165) is 0 Å². The molecular formula is C9H12ClFO3. The molecule has 1 fully saturated rings. The maximum Gasteiger partial charge on any atom is 0.370 e. The highest BCUT2D eigenvalue weighted by Crippen LogP contribution is 2.27. The van der Waals surface area contributed by atoms with Crippen LogP contribution < -0.4 is 0 Å². The van der Waals surface area contributed by atoms with Gasteiger partial charge in [-0.15, -0.1) is 11.6 Å². The Morgan fingerprint density at radius 3 is 3.00 bits per heavy atom. The standard InChI is InChI=1S/C9H12ClFO3/c1-2-13-9(12)8(11)7-4-3-6(5-10)14-7/h6H,2-5H2,1H3/b8-7-. The van der Waals surface area contributed by atoms with Crippen LogP contribution in [0.5, 0.6) is 0 Å². The quantitative estimate of drug-likeness (QED) is 0.417. The maximum atomic E-state index is 13.2. The number of carbonyl (C=O) groups is 1. The lowest BCUT2D eigenvalue weighted by Gasteiger charge is -2.06. The third-order valence-corrected chi connectivity index (χ3v) is 2.22. The first-order chi connectivity index (χ1) is 6.69. The van der Waals surface area contributed by atoms with E-state index in [-0.39, 0.29) is 18.5 Å². The van der Waals surface area contributed by atoms with Crippen molar-refractivity contribution in [1.29, 1.82) is 0 Å². The number of rotatable bonds is 3. The van der Waals surface area contributed by atoms with E-state index in [4.69, 9.17) is 16.3 Å². The van der Waals surface area contributed by atoms with Gasteiger partial charge in [0.1, 0.15) is 11.9 Å². The summed E-state index contributed by atoms with van der Waals surface area (Å²) < 4.78 is 22.8. The number of esters is 1. The molecule has 0 aromatic rings. The topological polar surface area (TPSA) is 35.5 Å². The Kier molecular flexibility index (Phi) is 4.20. The molecule has 1 heterocycles. The van der Waals surface area contributed by atoms with Crippen LogP contribution in [0.15, 0.2) is 11.6 Å². The Morgan fingerprint density at radius 2 is 2.50 bits per heavy atom. The van der Waals surface area contributed by atoms with Crippen LogP contribution in [0.4, 0.5) is 4.39 Å². The van der Waals surface area contributed by atoms with Gasteiger partial charge in [-0.3, -0.25) is 0 Å². The van der Waals surface area contributed by atoms with E-state index < -0.39 is 11.8 Å². The number of carbonyl (C=O) groups excluding carboxylic acids is 1. The molecule has 0 aliphatic carbocycles. The second-order valence-corrected chi connectivity index (χ2v) is 3.20. The SMILES string of the molecule is CCOC(=O)/C(F)=C1\CCC(CCl)O1. The van der Waals surface area contributed by atoms with E-state index in [2.05, 4.69) is 4.74 Å². The van der Waals surface area contributed by atoms with Gasteiger partial charge in [-0.1, -0.05) is 0 Å². The van der Waals surface area contributed by atoms with Crippen molar-refractivity contribution >= 4 is 17.6 Å². The van der Waals surface area contributed by atoms with E-state index in [1.54, 1.807) is 6.92 Å². The monoisotopic (exact) mass is 222 g/mol. The van der Waals surface area contributed by atoms with Gasteiger partial charge in [0.25, 0.3) is 0 Å². The Morgan fingerprint density at radius 1 is 1.79 bits per heavy atom. The van der Waals surface area contributed by atoms with Gasteiger partial charge in [-0.2, -0.15) is 4.39 Å². The van der Waals surface area contributed by atoms with Crippen LogP contribution in [-0.4, -0.2) is 24.6 Å². The molecule has 0 aromatic carbocycles. The molecule has 80 valence electrons. The number of alkyl halides is 1. The zero-order chi connectivity index (χ0) is 10.6. The molecule has 1 aliphatic rings. The Labute approximate surface area is 86.8 Å². The molecule has 0 aromatic heterocycles. The van der Waals surface area contributed by atoms with E-state index in [1.807, 2.05) is 0 Å². The van der Waals surface area contributed by atoms with Crippen molar-refractivity contribution in [3.05, 3.63) is 11.6 Å². The summed E-state index contributed by atoms with van der Waals surface area (Å²) in [6, 6.07) is 0. The predicted molar refractivity (Wildman–Crippen MR) is 49.6 cm³/mol. The van der Waals surface area contributed by atoms with Gasteiger partial charge in [-0.25, -0.2) is 4.79 Å². The van der Waals surface area contributed by atoms with Gasteiger partial charge in [0, 0.05) is 6.42 Å². The zero-order valence-corrected chi connectivity index (χ0v) is 8.64. The molecule has 1 aliphatic heterocycles. The van der Waals surface area contributed by atoms with Crippen molar-refractivity contribution in [1.82, 2.24) is 0 Å². The fourth-order valence-corrected chi connectivity index (χ4v) is 1.41. The Balaban J connectivity index is 2.61. The Bertz CT molecular complexity index is 252. The summed E-state index contributed by atoms with van der Waals surface area (Å²) in [7, 11) is 0. The van der Waals surface area contributed by atoms with Crippen molar-refractivity contribution in [2.75, 3.05) is 12.5 Å². The van der Waals surface area contributed by atoms with Crippen molar-refractivity contribution < 1.29 is 18.7 Å². The van der Waals surface area contributed by atoms with Gasteiger partial charge in [0.2, 0.25) is 5.83 Å². The lowest BCUT2D eigenvalue weighted by molar-refractivity contribution is -0.140. The van der Waals surface area contributed by atoms with Crippen LogP contribution in [0.1, 0.15) is 19.8 Å². The molecule has 5 heteroatoms. The smallest absolute Gasteiger partial charge is 0.370 e. The van der Waals surface area contributed by atoms with E-state index >= 15 is 0 Å². The lowest BCUT2D eigenvalue weighted by Crippen LogP contribution is -2.09. The molecule has 14 heavy (non-hydrogen) atoms. The molecule has 3 nitrogen and oxygen atoms in total. The van der Waals surface area contributed by atoms with Crippen LogP contribution in [-0.2, 0) is 14.3 Å². The molecule has 1 atom stereocenters. The summed E-state index contributed by atoms with van der Waals surface area (Å²) in [6.45, 7) is 1.77. The first-order valence-corrected chi connectivity index (χ1v) is 5.00. The minimum absolute atomic E-state index is 0.0640. The average Bonchev–Trinajstić information content (AvgIpc) is 2.65. The molecule has 1 rings (SSSR count). The zero-order valence-electron chi connectivity index (χ0n) is 7.89. The van der Waals surface area contributed by atoms with E-state index in [1.165, 1.54) is 0 Å². The minimum Gasteiger partial charge on any atom is -0.490 e. The number of halogens is 2. The number of hydrogen-bond donors (Lipinski definition) is 0. The van der Waals surface area contributed by atoms with Gasteiger partial charge in [0.15, 0.2) is 0 Å². The second kappa shape index (κ2) is 5.20. The van der Waals surface area contributed by atoms with Gasteiger partial charge >= 0.3 is 5.97 Å². The highest BCUT2D eigenvalue weighted by Gasteiger charge is 2.26. The molecule has 0 radical (unpaired) electrons. The van der Waals surface area contributed by atoms with Crippen molar-refractivity contribution in [2.45, 2.75) is 25.9 Å². The summed E-state index contributed by atoms with van der Waals surface area (Å²) in [5, 5.41) is 0. The van der Waals surface area contributed by atoms with Crippen LogP contribution in [0, 0.1) is 0 Å². The lowest BCUT2D eigenvalue weighted by atomic mass is 10.2. The van der Waals surface area contributed by atoms with Gasteiger partial charge in [-0.05, 0) is 13.3 Å². The van der Waals surface area contributed by atoms with Crippen molar-refractivity contribution in [3.63, 3.8) is 0 Å². The van der Waals surface area contributed by atoms with Crippen LogP contribution in [0.3, 0.4) is 0 Å². The Hall–Kier alpha value is -0.770. The number of allylic oxidation sites excluding steroid dienone is 1. The molecular weight excluding hydrogens is 211 g/mol. The van der Waals surface area contributed by atoms with E-state index in [9.17, 15) is 9.18 Å². The third kappa shape index (κ3) is 2.61. The van der Waals surface area contributed by atoms with Crippen LogP contribution in [0.25, 0.3) is 0 Å². The summed E-state index contributed by atoms with van der Waals surface area (Å²) in [6.07, 6.45) is 0.861. The largest absolute Gasteiger partial charge is 0.490 e. The molecule has 0 amide bonds. The van der Waals surface area contributed by atoms with Gasteiger partial charge < -0.3 is 9.47 Å². The van der Waals surface area contributed by atoms with Crippen molar-refractivity contribution in [3.8, 4) is 0 Å². The maximum absolute atomic E-state index is 13.2. The fraction of sp³-hybridized carbons (Fsp3) is 0.667. The number of ether oxygens (including phenoxy) is 2. The normalized spacial score (nSPS) is 24.4. The highest BCUT2D eigenvalue weighted by molar-refractivity contribution is 6.18. The molecule has 0 bridgehead atoms. The summed E-state index contributed by atoms with van der Waals surface area (Å²) in [5.74, 6) is -1.52. The first kappa shape index (κ1) is 11.3. The third-order valence-electron chi connectivity index (χ3n) is 1.87. The molecule has 1 unspecified atom stereocenters.